The Morgan fingerprint density at radius 3 is 2.62 bits per heavy atom. The highest BCUT2D eigenvalue weighted by Gasteiger charge is 2.39. The Balaban J connectivity index is 1.45. The third kappa shape index (κ3) is 3.25. The van der Waals surface area contributed by atoms with Gasteiger partial charge in [-0.25, -0.2) is 4.79 Å². The van der Waals surface area contributed by atoms with Gasteiger partial charge in [-0.1, -0.05) is 18.2 Å². The first-order chi connectivity index (χ1) is 12.6. The SMILES string of the molecule is O=C1OCCN1CC(=O)N1C[C@H]2CC[C@@H]1CN(C(=O)c1ccccc1)C2. The zero-order chi connectivity index (χ0) is 18.1. The molecule has 1 aromatic rings. The van der Waals surface area contributed by atoms with Crippen LogP contribution < -0.4 is 0 Å². The molecule has 0 unspecified atom stereocenters. The highest BCUT2D eigenvalue weighted by molar-refractivity contribution is 5.94. The predicted octanol–water partition coefficient (Wildman–Crippen LogP) is 1.20. The molecule has 0 aromatic heterocycles. The minimum Gasteiger partial charge on any atom is -0.448 e. The maximum absolute atomic E-state index is 12.8. The monoisotopic (exact) mass is 357 g/mol. The molecule has 0 N–H and O–H groups in total. The summed E-state index contributed by atoms with van der Waals surface area (Å²) < 4.78 is 4.90. The highest BCUT2D eigenvalue weighted by atomic mass is 16.6. The molecule has 0 aliphatic carbocycles. The van der Waals surface area contributed by atoms with Crippen molar-refractivity contribution in [2.75, 3.05) is 39.3 Å². The smallest absolute Gasteiger partial charge is 0.410 e. The first-order valence-corrected chi connectivity index (χ1v) is 9.17. The van der Waals surface area contributed by atoms with Crippen LogP contribution >= 0.6 is 0 Å². The van der Waals surface area contributed by atoms with Crippen molar-refractivity contribution in [3.05, 3.63) is 35.9 Å². The lowest BCUT2D eigenvalue weighted by Gasteiger charge is -2.36. The van der Waals surface area contributed by atoms with Gasteiger partial charge in [-0.2, -0.15) is 0 Å². The van der Waals surface area contributed by atoms with Crippen LogP contribution in [0.4, 0.5) is 4.79 Å². The molecule has 138 valence electrons. The van der Waals surface area contributed by atoms with Crippen LogP contribution in [0, 0.1) is 5.92 Å². The minimum absolute atomic E-state index is 0.0209. The average molecular weight is 357 g/mol. The van der Waals surface area contributed by atoms with Crippen LogP contribution in [0.1, 0.15) is 23.2 Å². The number of ether oxygens (including phenoxy) is 1. The summed E-state index contributed by atoms with van der Waals surface area (Å²) in [6.45, 7) is 2.77. The van der Waals surface area contributed by atoms with E-state index in [9.17, 15) is 14.4 Å². The summed E-state index contributed by atoms with van der Waals surface area (Å²) in [5.41, 5.74) is 0.687. The lowest BCUT2D eigenvalue weighted by atomic mass is 9.95. The van der Waals surface area contributed by atoms with Crippen molar-refractivity contribution in [3.63, 3.8) is 0 Å². The van der Waals surface area contributed by atoms with Crippen LogP contribution in [-0.2, 0) is 9.53 Å². The van der Waals surface area contributed by atoms with E-state index in [4.69, 9.17) is 4.74 Å². The molecule has 4 saturated heterocycles. The number of cyclic esters (lactones) is 1. The number of nitrogens with zero attached hydrogens (tertiary/aromatic N) is 3. The van der Waals surface area contributed by atoms with Crippen molar-refractivity contribution in [1.29, 1.82) is 0 Å². The van der Waals surface area contributed by atoms with Crippen molar-refractivity contribution < 1.29 is 19.1 Å². The Kier molecular flexibility index (Phi) is 4.53. The maximum atomic E-state index is 12.8. The highest BCUT2D eigenvalue weighted by Crippen LogP contribution is 2.29. The molecule has 5 rings (SSSR count). The third-order valence-electron chi connectivity index (χ3n) is 5.51. The molecule has 26 heavy (non-hydrogen) atoms. The topological polar surface area (TPSA) is 70.2 Å². The summed E-state index contributed by atoms with van der Waals surface area (Å²) in [5, 5.41) is 0. The van der Waals surface area contributed by atoms with E-state index < -0.39 is 6.09 Å². The van der Waals surface area contributed by atoms with Gasteiger partial charge in [-0.05, 0) is 30.9 Å². The first-order valence-electron chi connectivity index (χ1n) is 9.17. The van der Waals surface area contributed by atoms with Gasteiger partial charge in [0.1, 0.15) is 13.2 Å². The van der Waals surface area contributed by atoms with Gasteiger partial charge in [0.25, 0.3) is 5.91 Å². The van der Waals surface area contributed by atoms with Crippen molar-refractivity contribution in [1.82, 2.24) is 14.7 Å². The number of hydrogen-bond donors (Lipinski definition) is 0. The molecule has 7 heteroatoms. The Hall–Kier alpha value is -2.57. The predicted molar refractivity (Wildman–Crippen MR) is 93.5 cm³/mol. The molecule has 4 aliphatic heterocycles. The molecule has 0 spiro atoms. The fourth-order valence-electron chi connectivity index (χ4n) is 4.14. The number of hydrogen-bond acceptors (Lipinski definition) is 4. The summed E-state index contributed by atoms with van der Waals surface area (Å²) in [6.07, 6.45) is 1.51. The van der Waals surface area contributed by atoms with Gasteiger partial charge >= 0.3 is 6.09 Å². The number of carbonyl (C=O) groups is 3. The van der Waals surface area contributed by atoms with Crippen molar-refractivity contribution in [3.8, 4) is 0 Å². The Labute approximate surface area is 152 Å². The van der Waals surface area contributed by atoms with Gasteiger partial charge in [-0.3, -0.25) is 14.5 Å². The molecule has 1 aromatic carbocycles. The molecule has 2 bridgehead atoms. The molecule has 4 fully saturated rings. The summed E-state index contributed by atoms with van der Waals surface area (Å²) >= 11 is 0. The first kappa shape index (κ1) is 16.9. The average Bonchev–Trinajstić information content (AvgIpc) is 2.87. The maximum Gasteiger partial charge on any atom is 0.410 e. The van der Waals surface area contributed by atoms with Crippen LogP contribution in [0.25, 0.3) is 0 Å². The summed E-state index contributed by atoms with van der Waals surface area (Å²) in [5.74, 6) is 0.267. The molecule has 0 radical (unpaired) electrons. The number of benzene rings is 1. The van der Waals surface area contributed by atoms with Gasteiger partial charge in [0.15, 0.2) is 0 Å². The lowest BCUT2D eigenvalue weighted by Crippen LogP contribution is -2.51. The Morgan fingerprint density at radius 2 is 1.88 bits per heavy atom. The molecule has 2 atom stereocenters. The van der Waals surface area contributed by atoms with Crippen LogP contribution in [0.3, 0.4) is 0 Å². The summed E-state index contributed by atoms with van der Waals surface area (Å²) in [4.78, 5) is 42.4. The number of rotatable bonds is 3. The van der Waals surface area contributed by atoms with E-state index >= 15 is 0 Å². The quantitative estimate of drug-likeness (QED) is 0.815. The van der Waals surface area contributed by atoms with Crippen LogP contribution in [0.2, 0.25) is 0 Å². The normalized spacial score (nSPS) is 25.2. The van der Waals surface area contributed by atoms with E-state index in [0.717, 1.165) is 12.8 Å². The largest absolute Gasteiger partial charge is 0.448 e. The number of carbonyl (C=O) groups excluding carboxylic acids is 3. The van der Waals surface area contributed by atoms with E-state index in [1.165, 1.54) is 4.90 Å². The minimum atomic E-state index is -0.417. The number of fused-ring (bicyclic) bond motifs is 4. The second-order valence-electron chi connectivity index (χ2n) is 7.26. The van der Waals surface area contributed by atoms with Gasteiger partial charge in [0.2, 0.25) is 5.91 Å². The zero-order valence-corrected chi connectivity index (χ0v) is 14.7. The molecular weight excluding hydrogens is 334 g/mol. The molecule has 7 nitrogen and oxygen atoms in total. The van der Waals surface area contributed by atoms with Crippen molar-refractivity contribution in [2.24, 2.45) is 5.92 Å². The zero-order valence-electron chi connectivity index (χ0n) is 14.7. The van der Waals surface area contributed by atoms with E-state index in [2.05, 4.69) is 0 Å². The van der Waals surface area contributed by atoms with E-state index in [-0.39, 0.29) is 30.3 Å². The Bertz CT molecular complexity index is 708. The number of amides is 3. The summed E-state index contributed by atoms with van der Waals surface area (Å²) in [7, 11) is 0. The van der Waals surface area contributed by atoms with Gasteiger partial charge in [0, 0.05) is 31.2 Å². The molecule has 4 aliphatic rings. The summed E-state index contributed by atoms with van der Waals surface area (Å²) in [6, 6.07) is 9.31. The fraction of sp³-hybridized carbons (Fsp3) is 0.526. The fourth-order valence-corrected chi connectivity index (χ4v) is 4.14. The van der Waals surface area contributed by atoms with E-state index in [0.29, 0.717) is 38.3 Å². The lowest BCUT2D eigenvalue weighted by molar-refractivity contribution is -0.135. The van der Waals surface area contributed by atoms with Gasteiger partial charge in [0.05, 0.1) is 6.54 Å². The van der Waals surface area contributed by atoms with Gasteiger partial charge < -0.3 is 14.5 Å². The second-order valence-corrected chi connectivity index (χ2v) is 7.26. The second kappa shape index (κ2) is 6.97. The molecular formula is C19H23N3O4. The van der Waals surface area contributed by atoms with Crippen LogP contribution in [0.5, 0.6) is 0 Å². The van der Waals surface area contributed by atoms with Gasteiger partial charge in [-0.15, -0.1) is 0 Å². The van der Waals surface area contributed by atoms with Crippen LogP contribution in [-0.4, -0.2) is 78.0 Å². The number of piperidine rings is 1. The van der Waals surface area contributed by atoms with Crippen LogP contribution in [0.15, 0.2) is 30.3 Å². The van der Waals surface area contributed by atoms with Crippen molar-refractivity contribution >= 4 is 17.9 Å². The molecule has 4 heterocycles. The molecule has 3 amide bonds. The van der Waals surface area contributed by atoms with Crippen molar-refractivity contribution in [2.45, 2.75) is 18.9 Å². The molecule has 0 saturated carbocycles. The van der Waals surface area contributed by atoms with E-state index in [1.54, 1.807) is 0 Å². The Morgan fingerprint density at radius 1 is 1.08 bits per heavy atom. The standard InChI is InChI=1S/C19H23N3O4/c23-17(13-20-8-9-26-19(20)25)22-11-14-6-7-16(22)12-21(10-14)18(24)15-4-2-1-3-5-15/h1-5,14,16H,6-13H2/t14-,16+/m0/s1. The third-order valence-corrected chi connectivity index (χ3v) is 5.51. The van der Waals surface area contributed by atoms with E-state index in [1.807, 2.05) is 40.1 Å².